The molecule has 0 radical (unpaired) electrons. The van der Waals surface area contributed by atoms with Crippen LogP contribution in [0.3, 0.4) is 0 Å². The maximum atomic E-state index is 11.5. The zero-order valence-corrected chi connectivity index (χ0v) is 13.6. The molecule has 0 saturated heterocycles. The summed E-state index contributed by atoms with van der Waals surface area (Å²) in [6, 6.07) is 4.11. The second-order valence-electron chi connectivity index (χ2n) is 6.70. The Kier molecular flexibility index (Phi) is 4.52. The smallest absolute Gasteiger partial charge is 0.347 e. The molecule has 112 valence electrons. The third-order valence-corrected chi connectivity index (χ3v) is 3.68. The van der Waals surface area contributed by atoms with E-state index >= 15 is 0 Å². The molecular weight excluding hydrogens is 252 g/mol. The quantitative estimate of drug-likeness (QED) is 0.896. The van der Waals surface area contributed by atoms with Crippen molar-refractivity contribution in [2.45, 2.75) is 65.9 Å². The van der Waals surface area contributed by atoms with Crippen molar-refractivity contribution in [1.29, 1.82) is 0 Å². The molecule has 3 nitrogen and oxygen atoms in total. The van der Waals surface area contributed by atoms with Crippen molar-refractivity contribution < 1.29 is 14.6 Å². The van der Waals surface area contributed by atoms with Gasteiger partial charge in [0.05, 0.1) is 0 Å². The highest BCUT2D eigenvalue weighted by atomic mass is 16.5. The average Bonchev–Trinajstić information content (AvgIpc) is 2.30. The minimum Gasteiger partial charge on any atom is -0.478 e. The Bertz CT molecular complexity index is 512. The number of aryl methyl sites for hydroxylation is 2. The second-order valence-corrected chi connectivity index (χ2v) is 6.70. The Morgan fingerprint density at radius 3 is 2.15 bits per heavy atom. The molecule has 0 heterocycles. The number of aliphatic carboxylic acids is 1. The molecule has 1 rings (SSSR count). The molecule has 1 aromatic rings. The Hall–Kier alpha value is -1.51. The van der Waals surface area contributed by atoms with Crippen LogP contribution >= 0.6 is 0 Å². The number of hydrogen-bond acceptors (Lipinski definition) is 2. The predicted molar refractivity (Wildman–Crippen MR) is 81.6 cm³/mol. The van der Waals surface area contributed by atoms with Gasteiger partial charge in [-0.1, -0.05) is 45.4 Å². The summed E-state index contributed by atoms with van der Waals surface area (Å²) >= 11 is 0. The minimum atomic E-state index is -1.19. The van der Waals surface area contributed by atoms with E-state index in [0.29, 0.717) is 12.2 Å². The van der Waals surface area contributed by atoms with Crippen LogP contribution < -0.4 is 4.74 Å². The van der Waals surface area contributed by atoms with Gasteiger partial charge in [0.1, 0.15) is 5.75 Å². The fourth-order valence-electron chi connectivity index (χ4n) is 2.14. The van der Waals surface area contributed by atoms with E-state index in [4.69, 9.17) is 4.74 Å². The molecule has 0 aliphatic heterocycles. The van der Waals surface area contributed by atoms with Gasteiger partial charge >= 0.3 is 5.97 Å². The fraction of sp³-hybridized carbons (Fsp3) is 0.588. The molecule has 0 bridgehead atoms. The summed E-state index contributed by atoms with van der Waals surface area (Å²) in [7, 11) is 0. The van der Waals surface area contributed by atoms with Crippen LogP contribution in [0.4, 0.5) is 0 Å². The van der Waals surface area contributed by atoms with Crippen LogP contribution in [0, 0.1) is 13.8 Å². The van der Waals surface area contributed by atoms with E-state index in [1.54, 1.807) is 6.92 Å². The van der Waals surface area contributed by atoms with Crippen LogP contribution in [0.15, 0.2) is 12.1 Å². The average molecular weight is 278 g/mol. The van der Waals surface area contributed by atoms with Crippen molar-refractivity contribution in [1.82, 2.24) is 0 Å². The van der Waals surface area contributed by atoms with E-state index in [1.165, 1.54) is 0 Å². The van der Waals surface area contributed by atoms with Crippen LogP contribution in [0.25, 0.3) is 0 Å². The molecule has 0 amide bonds. The summed E-state index contributed by atoms with van der Waals surface area (Å²) in [5.41, 5.74) is 1.90. The van der Waals surface area contributed by atoms with Crippen molar-refractivity contribution in [2.24, 2.45) is 0 Å². The SMILES string of the molecule is CCC(C)(Oc1c(C)cc(C)cc1C(C)(C)C)C(=O)O. The highest BCUT2D eigenvalue weighted by Gasteiger charge is 2.35. The predicted octanol–water partition coefficient (Wildman–Crippen LogP) is 4.23. The van der Waals surface area contributed by atoms with Gasteiger partial charge in [-0.2, -0.15) is 0 Å². The van der Waals surface area contributed by atoms with Crippen molar-refractivity contribution in [3.05, 3.63) is 28.8 Å². The number of carbonyl (C=O) groups is 1. The number of ether oxygens (including phenoxy) is 1. The van der Waals surface area contributed by atoms with E-state index < -0.39 is 11.6 Å². The van der Waals surface area contributed by atoms with Crippen LogP contribution in [-0.2, 0) is 10.2 Å². The summed E-state index contributed by atoms with van der Waals surface area (Å²) in [5.74, 6) is -0.227. The highest BCUT2D eigenvalue weighted by Crippen LogP contribution is 2.37. The fourth-order valence-corrected chi connectivity index (χ4v) is 2.14. The molecule has 1 unspecified atom stereocenters. The number of hydrogen-bond donors (Lipinski definition) is 1. The monoisotopic (exact) mass is 278 g/mol. The molecule has 0 spiro atoms. The van der Waals surface area contributed by atoms with E-state index in [-0.39, 0.29) is 5.41 Å². The molecule has 0 aromatic heterocycles. The van der Waals surface area contributed by atoms with Gasteiger partial charge in [-0.3, -0.25) is 0 Å². The van der Waals surface area contributed by atoms with Gasteiger partial charge < -0.3 is 9.84 Å². The largest absolute Gasteiger partial charge is 0.478 e. The first-order valence-corrected chi connectivity index (χ1v) is 7.05. The van der Waals surface area contributed by atoms with Crippen LogP contribution in [-0.4, -0.2) is 16.7 Å². The first kappa shape index (κ1) is 16.5. The number of rotatable bonds is 4. The van der Waals surface area contributed by atoms with Crippen LogP contribution in [0.5, 0.6) is 5.75 Å². The first-order chi connectivity index (χ1) is 9.01. The van der Waals surface area contributed by atoms with Gasteiger partial charge in [0, 0.05) is 5.56 Å². The Labute approximate surface area is 122 Å². The third kappa shape index (κ3) is 3.33. The summed E-state index contributed by atoms with van der Waals surface area (Å²) in [6.45, 7) is 13.8. The van der Waals surface area contributed by atoms with Crippen molar-refractivity contribution in [3.63, 3.8) is 0 Å². The summed E-state index contributed by atoms with van der Waals surface area (Å²) in [4.78, 5) is 11.5. The maximum Gasteiger partial charge on any atom is 0.347 e. The number of carboxylic acids is 1. The molecule has 20 heavy (non-hydrogen) atoms. The highest BCUT2D eigenvalue weighted by molar-refractivity contribution is 5.77. The van der Waals surface area contributed by atoms with Gasteiger partial charge in [0.2, 0.25) is 5.60 Å². The zero-order chi connectivity index (χ0) is 15.7. The van der Waals surface area contributed by atoms with Gasteiger partial charge in [-0.15, -0.1) is 0 Å². The van der Waals surface area contributed by atoms with Crippen LogP contribution in [0.2, 0.25) is 0 Å². The maximum absolute atomic E-state index is 11.5. The molecule has 1 N–H and O–H groups in total. The minimum absolute atomic E-state index is 0.0979. The summed E-state index contributed by atoms with van der Waals surface area (Å²) in [6.07, 6.45) is 0.416. The van der Waals surface area contributed by atoms with E-state index in [9.17, 15) is 9.90 Å². The standard InChI is InChI=1S/C17H26O3/c1-8-17(7,15(18)19)20-14-12(3)9-11(2)10-13(14)16(4,5)6/h9-10H,8H2,1-7H3,(H,18,19). The third-order valence-electron chi connectivity index (χ3n) is 3.68. The summed E-state index contributed by atoms with van der Waals surface area (Å²) in [5, 5.41) is 9.41. The molecule has 0 saturated carbocycles. The zero-order valence-electron chi connectivity index (χ0n) is 13.6. The van der Waals surface area contributed by atoms with Crippen molar-refractivity contribution in [2.75, 3.05) is 0 Å². The topological polar surface area (TPSA) is 46.5 Å². The number of carboxylic acid groups (broad SMARTS) is 1. The van der Waals surface area contributed by atoms with Crippen LogP contribution in [0.1, 0.15) is 57.7 Å². The van der Waals surface area contributed by atoms with E-state index in [0.717, 1.165) is 16.7 Å². The molecule has 0 fully saturated rings. The van der Waals surface area contributed by atoms with E-state index in [1.807, 2.05) is 26.8 Å². The molecule has 3 heteroatoms. The lowest BCUT2D eigenvalue weighted by Gasteiger charge is -2.31. The first-order valence-electron chi connectivity index (χ1n) is 7.05. The lowest BCUT2D eigenvalue weighted by atomic mass is 9.84. The van der Waals surface area contributed by atoms with Gasteiger partial charge in [-0.25, -0.2) is 4.79 Å². The molecular formula is C17H26O3. The molecule has 0 aliphatic rings. The molecule has 0 aliphatic carbocycles. The van der Waals surface area contributed by atoms with Gasteiger partial charge in [-0.05, 0) is 38.2 Å². The summed E-state index contributed by atoms with van der Waals surface area (Å²) < 4.78 is 5.96. The normalized spacial score (nSPS) is 14.8. The number of benzene rings is 1. The Morgan fingerprint density at radius 2 is 1.75 bits per heavy atom. The van der Waals surface area contributed by atoms with E-state index in [2.05, 4.69) is 26.8 Å². The molecule has 1 aromatic carbocycles. The second kappa shape index (κ2) is 5.47. The van der Waals surface area contributed by atoms with Crippen molar-refractivity contribution >= 4 is 5.97 Å². The Balaban J connectivity index is 3.41. The van der Waals surface area contributed by atoms with Crippen molar-refractivity contribution in [3.8, 4) is 5.75 Å². The van der Waals surface area contributed by atoms with Gasteiger partial charge in [0.15, 0.2) is 0 Å². The lowest BCUT2D eigenvalue weighted by molar-refractivity contribution is -0.154. The van der Waals surface area contributed by atoms with Gasteiger partial charge in [0.25, 0.3) is 0 Å². The molecule has 1 atom stereocenters. The Morgan fingerprint density at radius 1 is 1.20 bits per heavy atom. The lowest BCUT2D eigenvalue weighted by Crippen LogP contribution is -2.41.